The number of hydrogen-bond donors (Lipinski definition) is 3. The number of methoxy groups -OCH3 is 2. The lowest BCUT2D eigenvalue weighted by Crippen LogP contribution is -2.60. The summed E-state index contributed by atoms with van der Waals surface area (Å²) in [7, 11) is 6.50. The maximum absolute atomic E-state index is 14.5. The third-order valence-corrected chi connectivity index (χ3v) is 15.3. The van der Waals surface area contributed by atoms with Gasteiger partial charge in [-0.25, -0.2) is 4.79 Å². The molecule has 81 heavy (non-hydrogen) atoms. The summed E-state index contributed by atoms with van der Waals surface area (Å²) in [4.78, 5) is 98.2. The van der Waals surface area contributed by atoms with E-state index in [0.29, 0.717) is 77.2 Å². The molecule has 0 aliphatic carbocycles. The molecule has 0 saturated carbocycles. The predicted molar refractivity (Wildman–Crippen MR) is 307 cm³/mol. The van der Waals surface area contributed by atoms with E-state index in [1.54, 1.807) is 21.3 Å². The summed E-state index contributed by atoms with van der Waals surface area (Å²) in [5.41, 5.74) is 0.855. The van der Waals surface area contributed by atoms with Crippen molar-refractivity contribution in [3.63, 3.8) is 0 Å². The number of amides is 6. The summed E-state index contributed by atoms with van der Waals surface area (Å²) in [6.07, 6.45) is 3.65. The SMILES string of the molecule is CC[C@H](C)[C@@H]([C@@H](CC(=O)N1CCC[C@H]1[C@H](OC)[C@@H](C)C(=S)N[C@@H](Cc1ccccc1)C(=O)O)OC)N(C)[C@H](C(=O)NC(=O)[C@H](C(C)C)N(C)C(=O)CCOCCOCCOCCOCCOCCOCCN1C(=O)C=CC1=O)C(C)C. The maximum atomic E-state index is 14.5. The van der Waals surface area contributed by atoms with Crippen LogP contribution in [0.1, 0.15) is 86.1 Å². The van der Waals surface area contributed by atoms with E-state index in [1.807, 2.05) is 95.6 Å². The summed E-state index contributed by atoms with van der Waals surface area (Å²) in [5, 5.41) is 15.8. The van der Waals surface area contributed by atoms with Gasteiger partial charge in [-0.05, 0) is 43.2 Å². The third-order valence-electron chi connectivity index (χ3n) is 14.8. The number of carboxylic acid groups (broad SMARTS) is 1. The van der Waals surface area contributed by atoms with E-state index in [-0.39, 0.29) is 99.7 Å². The number of rotatable bonds is 42. The van der Waals surface area contributed by atoms with Gasteiger partial charge in [0, 0.05) is 58.3 Å². The van der Waals surface area contributed by atoms with Crippen molar-refractivity contribution in [3.05, 3.63) is 48.0 Å². The second-order valence-corrected chi connectivity index (χ2v) is 21.7. The number of carbonyl (C=O) groups excluding carboxylic acids is 6. The van der Waals surface area contributed by atoms with E-state index >= 15 is 0 Å². The normalized spacial score (nSPS) is 17.5. The second-order valence-electron chi connectivity index (χ2n) is 21.2. The molecular weight excluding hydrogens is 1070 g/mol. The number of hydrogen-bond acceptors (Lipinski definition) is 17. The standard InChI is InChI=1S/C58H94N6O16S/c1-12-41(6)53(46(73-10)38-50(68)63-23-16-19-45(63)54(74-11)42(7)57(81)59-44(58(71)72)37-43-17-14-13-15-18-43)62(9)52(40(4)5)56(70)60-55(69)51(39(2)3)61(8)47(65)22-25-75-27-29-77-31-33-79-35-36-80-34-32-78-30-28-76-26-24-64-48(66)20-21-49(64)67/h13-15,17-18,20-21,39-42,44-46,51-54H,12,16,19,22-38H2,1-11H3,(H,59,81)(H,71,72)(H,60,69,70)/t41-,42+,44-,45-,46+,51-,52-,53-,54+/m0/s1. The van der Waals surface area contributed by atoms with Crippen LogP contribution >= 0.6 is 12.2 Å². The van der Waals surface area contributed by atoms with Gasteiger partial charge in [-0.2, -0.15) is 0 Å². The number of carboxylic acids is 1. The first kappa shape index (κ1) is 70.4. The number of thiocarbonyl (C=S) groups is 1. The zero-order chi connectivity index (χ0) is 60.0. The van der Waals surface area contributed by atoms with Crippen LogP contribution in [0.4, 0.5) is 0 Å². The first-order valence-electron chi connectivity index (χ1n) is 28.4. The van der Waals surface area contributed by atoms with Gasteiger partial charge in [0.25, 0.3) is 11.8 Å². The molecule has 3 rings (SSSR count). The van der Waals surface area contributed by atoms with Gasteiger partial charge in [0.05, 0.1) is 128 Å². The molecule has 6 amide bonds. The fraction of sp³-hybridized carbons (Fsp3) is 0.724. The van der Waals surface area contributed by atoms with Crippen molar-refractivity contribution >= 4 is 58.6 Å². The molecule has 2 heterocycles. The predicted octanol–water partition coefficient (Wildman–Crippen LogP) is 3.56. The molecule has 2 aliphatic heterocycles. The molecule has 0 unspecified atom stereocenters. The van der Waals surface area contributed by atoms with Crippen LogP contribution in [-0.4, -0.2) is 234 Å². The van der Waals surface area contributed by atoms with E-state index < -0.39 is 60.1 Å². The molecule has 0 spiro atoms. The lowest BCUT2D eigenvalue weighted by Gasteiger charge is -2.43. The highest BCUT2D eigenvalue weighted by Crippen LogP contribution is 2.31. The van der Waals surface area contributed by atoms with Gasteiger partial charge < -0.3 is 58.1 Å². The Labute approximate surface area is 485 Å². The van der Waals surface area contributed by atoms with Crippen molar-refractivity contribution in [1.29, 1.82) is 0 Å². The maximum Gasteiger partial charge on any atom is 0.326 e. The van der Waals surface area contributed by atoms with E-state index in [1.165, 1.54) is 17.1 Å². The second kappa shape index (κ2) is 38.1. The van der Waals surface area contributed by atoms with Crippen molar-refractivity contribution in [2.24, 2.45) is 23.7 Å². The summed E-state index contributed by atoms with van der Waals surface area (Å²) in [5.74, 6) is -4.40. The summed E-state index contributed by atoms with van der Waals surface area (Å²) >= 11 is 5.79. The molecule has 22 nitrogen and oxygen atoms in total. The Balaban J connectivity index is 1.44. The Hall–Kier alpha value is -4.82. The molecule has 458 valence electrons. The average molecular weight is 1160 g/mol. The number of aliphatic carboxylic acids is 1. The molecule has 1 fully saturated rings. The van der Waals surface area contributed by atoms with Gasteiger partial charge in [-0.1, -0.05) is 97.4 Å². The van der Waals surface area contributed by atoms with Gasteiger partial charge in [-0.3, -0.25) is 43.9 Å². The first-order valence-corrected chi connectivity index (χ1v) is 28.9. The van der Waals surface area contributed by atoms with Gasteiger partial charge >= 0.3 is 5.97 Å². The van der Waals surface area contributed by atoms with Gasteiger partial charge in [0.1, 0.15) is 12.1 Å². The molecule has 1 saturated heterocycles. The zero-order valence-electron chi connectivity index (χ0n) is 49.8. The van der Waals surface area contributed by atoms with Crippen LogP contribution in [0.5, 0.6) is 0 Å². The van der Waals surface area contributed by atoms with Gasteiger partial charge in [-0.15, -0.1) is 0 Å². The number of imide groups is 2. The zero-order valence-corrected chi connectivity index (χ0v) is 50.6. The summed E-state index contributed by atoms with van der Waals surface area (Å²) in [6.45, 7) is 17.9. The fourth-order valence-corrected chi connectivity index (χ4v) is 10.7. The number of benzene rings is 1. The van der Waals surface area contributed by atoms with Gasteiger partial charge in [0.15, 0.2) is 0 Å². The molecular formula is C58H94N6O16S. The van der Waals surface area contributed by atoms with E-state index in [4.69, 9.17) is 50.1 Å². The number of likely N-dealkylation sites (tertiary alicyclic amines) is 1. The number of likely N-dealkylation sites (N-methyl/N-ethyl adjacent to an activating group) is 2. The Morgan fingerprint density at radius 2 is 1.23 bits per heavy atom. The topological polar surface area (TPSA) is 251 Å². The van der Waals surface area contributed by atoms with Crippen LogP contribution in [0.2, 0.25) is 0 Å². The highest BCUT2D eigenvalue weighted by molar-refractivity contribution is 7.80. The quantitative estimate of drug-likeness (QED) is 0.0481. The monoisotopic (exact) mass is 1160 g/mol. The minimum absolute atomic E-state index is 0.00492. The number of nitrogens with zero attached hydrogens (tertiary/aromatic N) is 4. The van der Waals surface area contributed by atoms with E-state index in [0.717, 1.165) is 16.9 Å². The fourth-order valence-electron chi connectivity index (χ4n) is 10.4. The molecule has 0 radical (unpaired) electrons. The van der Waals surface area contributed by atoms with Crippen LogP contribution in [0.25, 0.3) is 0 Å². The van der Waals surface area contributed by atoms with Crippen molar-refractivity contribution in [3.8, 4) is 0 Å². The van der Waals surface area contributed by atoms with Crippen molar-refractivity contribution in [1.82, 2.24) is 30.2 Å². The van der Waals surface area contributed by atoms with Crippen LogP contribution in [0.3, 0.4) is 0 Å². The van der Waals surface area contributed by atoms with Crippen LogP contribution < -0.4 is 10.6 Å². The largest absolute Gasteiger partial charge is 0.480 e. The summed E-state index contributed by atoms with van der Waals surface area (Å²) in [6, 6.07) is 5.82. The average Bonchev–Trinajstić information content (AvgIpc) is 4.04. The molecule has 0 bridgehead atoms. The highest BCUT2D eigenvalue weighted by atomic mass is 32.1. The number of ether oxygens (including phenoxy) is 8. The Morgan fingerprint density at radius 3 is 1.72 bits per heavy atom. The molecule has 23 heteroatoms. The number of carbonyl (C=O) groups is 7. The third kappa shape index (κ3) is 23.4. The Bertz CT molecular complexity index is 2120. The lowest BCUT2D eigenvalue weighted by atomic mass is 9.87. The molecule has 0 aromatic heterocycles. The Morgan fingerprint density at radius 1 is 0.728 bits per heavy atom. The number of nitrogens with one attached hydrogen (secondary N) is 2. The molecule has 1 aromatic carbocycles. The molecule has 9 atom stereocenters. The van der Waals surface area contributed by atoms with Crippen LogP contribution in [0.15, 0.2) is 42.5 Å². The van der Waals surface area contributed by atoms with Crippen LogP contribution in [-0.2, 0) is 77.9 Å². The van der Waals surface area contributed by atoms with Crippen molar-refractivity contribution in [2.45, 2.75) is 129 Å². The minimum atomic E-state index is -1.03. The molecule has 3 N–H and O–H groups in total. The molecule has 2 aliphatic rings. The van der Waals surface area contributed by atoms with Crippen LogP contribution in [0, 0.1) is 23.7 Å². The minimum Gasteiger partial charge on any atom is -0.480 e. The lowest BCUT2D eigenvalue weighted by molar-refractivity contribution is -0.146. The highest BCUT2D eigenvalue weighted by Gasteiger charge is 2.44. The first-order chi connectivity index (χ1) is 38.7. The van der Waals surface area contributed by atoms with E-state index in [2.05, 4.69) is 10.6 Å². The molecule has 1 aromatic rings. The van der Waals surface area contributed by atoms with Crippen molar-refractivity contribution < 1.29 is 76.6 Å². The van der Waals surface area contributed by atoms with Gasteiger partial charge in [0.2, 0.25) is 23.6 Å². The Kier molecular flexibility index (Phi) is 33.1. The smallest absolute Gasteiger partial charge is 0.326 e. The summed E-state index contributed by atoms with van der Waals surface area (Å²) < 4.78 is 45.3. The van der Waals surface area contributed by atoms with E-state index in [9.17, 15) is 38.7 Å². The van der Waals surface area contributed by atoms with Crippen molar-refractivity contribution in [2.75, 3.05) is 121 Å².